The van der Waals surface area contributed by atoms with Crippen LogP contribution in [0.4, 0.5) is 0 Å². The molecule has 13 heavy (non-hydrogen) atoms. The Morgan fingerprint density at radius 2 is 2.00 bits per heavy atom. The molecule has 1 heteroatoms. The van der Waals surface area contributed by atoms with Crippen molar-refractivity contribution in [2.24, 2.45) is 0 Å². The third-order valence-corrected chi connectivity index (χ3v) is 1.49. The summed E-state index contributed by atoms with van der Waals surface area (Å²) < 4.78 is 0. The molecule has 0 saturated carbocycles. The minimum Gasteiger partial charge on any atom is -0.396 e. The van der Waals surface area contributed by atoms with Crippen LogP contribution in [0.3, 0.4) is 0 Å². The number of aliphatic hydroxyl groups is 1. The summed E-state index contributed by atoms with van der Waals surface area (Å²) in [5.74, 6) is 5.88. The Morgan fingerprint density at radius 3 is 2.69 bits per heavy atom. The van der Waals surface area contributed by atoms with Crippen molar-refractivity contribution < 1.29 is 5.11 Å². The molecule has 0 radical (unpaired) electrons. The smallest absolute Gasteiger partial charge is 0.0465 e. The normalized spacial score (nSPS) is 9.62. The number of rotatable bonds is 2. The molecule has 1 nitrogen and oxygen atoms in total. The lowest BCUT2D eigenvalue weighted by Crippen LogP contribution is -1.74. The quantitative estimate of drug-likeness (QED) is 0.676. The van der Waals surface area contributed by atoms with Gasteiger partial charge in [-0.05, 0) is 24.6 Å². The minimum absolute atomic E-state index is 0.184. The molecule has 0 aliphatic heterocycles. The zero-order valence-corrected chi connectivity index (χ0v) is 7.40. The van der Waals surface area contributed by atoms with Gasteiger partial charge in [0.1, 0.15) is 0 Å². The van der Waals surface area contributed by atoms with E-state index in [2.05, 4.69) is 11.8 Å². The van der Waals surface area contributed by atoms with Crippen LogP contribution in [0.1, 0.15) is 12.0 Å². The first kappa shape index (κ1) is 9.57. The summed E-state index contributed by atoms with van der Waals surface area (Å²) in [6.45, 7) is 0.184. The summed E-state index contributed by atoms with van der Waals surface area (Å²) in [5, 5.41) is 8.48. The van der Waals surface area contributed by atoms with Gasteiger partial charge in [-0.1, -0.05) is 36.1 Å². The van der Waals surface area contributed by atoms with Gasteiger partial charge in [-0.25, -0.2) is 0 Å². The number of aliphatic hydroxyl groups excluding tert-OH is 1. The fraction of sp³-hybridized carbons (Fsp3) is 0.167. The van der Waals surface area contributed by atoms with E-state index < -0.39 is 0 Å². The molecule has 0 unspecified atom stereocenters. The molecular formula is C12H12O. The summed E-state index contributed by atoms with van der Waals surface area (Å²) in [7, 11) is 0. The maximum Gasteiger partial charge on any atom is 0.0465 e. The molecule has 0 bridgehead atoms. The van der Waals surface area contributed by atoms with E-state index in [0.717, 1.165) is 5.56 Å². The Balaban J connectivity index is 2.49. The summed E-state index contributed by atoms with van der Waals surface area (Å²) in [5.41, 5.74) is 1.01. The second kappa shape index (κ2) is 6.05. The molecule has 1 aromatic carbocycles. The van der Waals surface area contributed by atoms with Gasteiger partial charge in [0.05, 0.1) is 0 Å². The standard InChI is InChI=1S/C12H12O/c13-11-7-2-1-4-8-12-9-5-3-6-10-12/h1-3,5-6,9-10,13H,7,11H2. The molecule has 1 aromatic rings. The predicted molar refractivity (Wildman–Crippen MR) is 54.2 cm³/mol. The van der Waals surface area contributed by atoms with Crippen LogP contribution in [0.15, 0.2) is 42.5 Å². The lowest BCUT2D eigenvalue weighted by molar-refractivity contribution is 0.302. The van der Waals surface area contributed by atoms with E-state index in [0.29, 0.717) is 6.42 Å². The van der Waals surface area contributed by atoms with Crippen LogP contribution < -0.4 is 0 Å². The molecule has 66 valence electrons. The Hall–Kier alpha value is -1.52. The van der Waals surface area contributed by atoms with E-state index >= 15 is 0 Å². The van der Waals surface area contributed by atoms with Crippen molar-refractivity contribution in [2.75, 3.05) is 6.61 Å². The van der Waals surface area contributed by atoms with Crippen molar-refractivity contribution in [3.05, 3.63) is 48.0 Å². The van der Waals surface area contributed by atoms with Crippen LogP contribution in [0, 0.1) is 11.8 Å². The fourth-order valence-corrected chi connectivity index (χ4v) is 0.863. The second-order valence-electron chi connectivity index (χ2n) is 2.55. The number of hydrogen-bond donors (Lipinski definition) is 1. The molecule has 0 aliphatic carbocycles. The van der Waals surface area contributed by atoms with Crippen LogP contribution in [0.5, 0.6) is 0 Å². The zero-order chi connectivity index (χ0) is 9.36. The molecule has 0 saturated heterocycles. The average Bonchev–Trinajstić information content (AvgIpc) is 2.19. The molecule has 0 amide bonds. The highest BCUT2D eigenvalue weighted by atomic mass is 16.2. The van der Waals surface area contributed by atoms with Crippen molar-refractivity contribution in [2.45, 2.75) is 6.42 Å². The average molecular weight is 172 g/mol. The molecular weight excluding hydrogens is 160 g/mol. The van der Waals surface area contributed by atoms with Crippen molar-refractivity contribution >= 4 is 0 Å². The zero-order valence-electron chi connectivity index (χ0n) is 7.40. The minimum atomic E-state index is 0.184. The number of hydrogen-bond acceptors (Lipinski definition) is 1. The Kier molecular flexibility index (Phi) is 4.45. The van der Waals surface area contributed by atoms with E-state index in [-0.39, 0.29) is 6.61 Å². The third-order valence-electron chi connectivity index (χ3n) is 1.49. The first-order valence-corrected chi connectivity index (χ1v) is 4.26. The van der Waals surface area contributed by atoms with E-state index in [4.69, 9.17) is 5.11 Å². The van der Waals surface area contributed by atoms with Crippen LogP contribution in [0.25, 0.3) is 0 Å². The lowest BCUT2D eigenvalue weighted by atomic mass is 10.2. The highest BCUT2D eigenvalue weighted by Crippen LogP contribution is 1.94. The van der Waals surface area contributed by atoms with Gasteiger partial charge < -0.3 is 5.11 Å². The summed E-state index contributed by atoms with van der Waals surface area (Å²) >= 11 is 0. The van der Waals surface area contributed by atoms with Gasteiger partial charge in [0.15, 0.2) is 0 Å². The first-order valence-electron chi connectivity index (χ1n) is 4.26. The molecule has 0 atom stereocenters. The molecule has 0 aromatic heterocycles. The molecule has 0 heterocycles. The molecule has 1 rings (SSSR count). The van der Waals surface area contributed by atoms with Gasteiger partial charge in [0.25, 0.3) is 0 Å². The second-order valence-corrected chi connectivity index (χ2v) is 2.55. The topological polar surface area (TPSA) is 20.2 Å². The van der Waals surface area contributed by atoms with E-state index in [1.54, 1.807) is 6.08 Å². The predicted octanol–water partition coefficient (Wildman–Crippen LogP) is 1.98. The first-order chi connectivity index (χ1) is 6.43. The van der Waals surface area contributed by atoms with Gasteiger partial charge in [-0.3, -0.25) is 0 Å². The van der Waals surface area contributed by atoms with Crippen molar-refractivity contribution in [3.63, 3.8) is 0 Å². The largest absolute Gasteiger partial charge is 0.396 e. The SMILES string of the molecule is OCCC=CC#Cc1ccccc1. The van der Waals surface area contributed by atoms with Gasteiger partial charge in [0, 0.05) is 12.2 Å². The van der Waals surface area contributed by atoms with Crippen molar-refractivity contribution in [3.8, 4) is 11.8 Å². The lowest BCUT2D eigenvalue weighted by Gasteiger charge is -1.84. The summed E-state index contributed by atoms with van der Waals surface area (Å²) in [6.07, 6.45) is 4.29. The maximum absolute atomic E-state index is 8.48. The fourth-order valence-electron chi connectivity index (χ4n) is 0.863. The molecule has 0 spiro atoms. The van der Waals surface area contributed by atoms with Crippen LogP contribution in [0.2, 0.25) is 0 Å². The monoisotopic (exact) mass is 172 g/mol. The van der Waals surface area contributed by atoms with Gasteiger partial charge in [0.2, 0.25) is 0 Å². The van der Waals surface area contributed by atoms with E-state index in [9.17, 15) is 0 Å². The summed E-state index contributed by atoms with van der Waals surface area (Å²) in [6, 6.07) is 9.81. The van der Waals surface area contributed by atoms with Gasteiger partial charge >= 0.3 is 0 Å². The molecule has 0 fully saturated rings. The van der Waals surface area contributed by atoms with E-state index in [1.165, 1.54) is 0 Å². The highest BCUT2D eigenvalue weighted by molar-refractivity contribution is 5.36. The third kappa shape index (κ3) is 4.15. The van der Waals surface area contributed by atoms with Crippen molar-refractivity contribution in [1.29, 1.82) is 0 Å². The Bertz CT molecular complexity index is 314. The number of benzene rings is 1. The maximum atomic E-state index is 8.48. The van der Waals surface area contributed by atoms with Gasteiger partial charge in [-0.2, -0.15) is 0 Å². The molecule has 1 N–H and O–H groups in total. The van der Waals surface area contributed by atoms with Crippen LogP contribution >= 0.6 is 0 Å². The van der Waals surface area contributed by atoms with Gasteiger partial charge in [-0.15, -0.1) is 0 Å². The highest BCUT2D eigenvalue weighted by Gasteiger charge is 1.78. The van der Waals surface area contributed by atoms with Crippen LogP contribution in [-0.2, 0) is 0 Å². The number of allylic oxidation sites excluding steroid dienone is 1. The van der Waals surface area contributed by atoms with Crippen LogP contribution in [-0.4, -0.2) is 11.7 Å². The Morgan fingerprint density at radius 1 is 1.23 bits per heavy atom. The van der Waals surface area contributed by atoms with Crippen molar-refractivity contribution in [1.82, 2.24) is 0 Å². The summed E-state index contributed by atoms with van der Waals surface area (Å²) in [4.78, 5) is 0. The van der Waals surface area contributed by atoms with E-state index in [1.807, 2.05) is 36.4 Å². The molecule has 0 aliphatic rings. The Labute approximate surface area is 78.7 Å².